The molecule has 0 fully saturated rings. The second-order valence-corrected chi connectivity index (χ2v) is 6.06. The zero-order chi connectivity index (χ0) is 16.8. The third kappa shape index (κ3) is 4.24. The van der Waals surface area contributed by atoms with E-state index in [0.717, 1.165) is 16.7 Å². The van der Waals surface area contributed by atoms with E-state index in [1.807, 2.05) is 84.9 Å². The Morgan fingerprint density at radius 3 is 1.96 bits per heavy atom. The van der Waals surface area contributed by atoms with E-state index in [0.29, 0.717) is 11.4 Å². The predicted octanol–water partition coefficient (Wildman–Crippen LogP) is 4.79. The van der Waals surface area contributed by atoms with E-state index < -0.39 is 0 Å². The summed E-state index contributed by atoms with van der Waals surface area (Å²) in [5.41, 5.74) is 3.05. The van der Waals surface area contributed by atoms with E-state index in [-0.39, 0.29) is 11.9 Å². The van der Waals surface area contributed by atoms with E-state index in [1.54, 1.807) is 0 Å². The fourth-order valence-electron chi connectivity index (χ4n) is 2.65. The number of halogens is 1. The molecule has 0 aliphatic heterocycles. The maximum atomic E-state index is 12.5. The van der Waals surface area contributed by atoms with Crippen LogP contribution in [0.1, 0.15) is 22.7 Å². The molecule has 1 N–H and O–H groups in total. The Labute approximate surface area is 147 Å². The molecule has 0 heterocycles. The summed E-state index contributed by atoms with van der Waals surface area (Å²) in [6.07, 6.45) is 0.359. The lowest BCUT2D eigenvalue weighted by Gasteiger charge is -2.20. The predicted molar refractivity (Wildman–Crippen MR) is 98.0 cm³/mol. The molecule has 120 valence electrons. The van der Waals surface area contributed by atoms with E-state index in [2.05, 4.69) is 5.32 Å². The average molecular weight is 336 g/mol. The van der Waals surface area contributed by atoms with Crippen molar-refractivity contribution in [3.8, 4) is 0 Å². The third-order valence-corrected chi connectivity index (χ3v) is 4.10. The summed E-state index contributed by atoms with van der Waals surface area (Å²) in [6, 6.07) is 27.1. The van der Waals surface area contributed by atoms with Crippen LogP contribution in [0.25, 0.3) is 0 Å². The molecule has 2 nitrogen and oxygen atoms in total. The van der Waals surface area contributed by atoms with Gasteiger partial charge in [0.05, 0.1) is 12.5 Å². The Morgan fingerprint density at radius 1 is 0.792 bits per heavy atom. The van der Waals surface area contributed by atoms with Crippen LogP contribution in [0.4, 0.5) is 0 Å². The largest absolute Gasteiger partial charge is 0.345 e. The zero-order valence-corrected chi connectivity index (χ0v) is 13.9. The molecular weight excluding hydrogens is 318 g/mol. The number of amides is 1. The summed E-state index contributed by atoms with van der Waals surface area (Å²) in [7, 11) is 0. The summed E-state index contributed by atoms with van der Waals surface area (Å²) in [4.78, 5) is 12.5. The molecule has 1 atom stereocenters. The molecule has 0 bridgehead atoms. The van der Waals surface area contributed by atoms with Crippen LogP contribution < -0.4 is 5.32 Å². The van der Waals surface area contributed by atoms with Gasteiger partial charge in [0.15, 0.2) is 0 Å². The molecule has 3 heteroatoms. The van der Waals surface area contributed by atoms with Crippen molar-refractivity contribution in [1.29, 1.82) is 0 Å². The number of rotatable bonds is 5. The number of nitrogens with one attached hydrogen (secondary N) is 1. The van der Waals surface area contributed by atoms with Crippen molar-refractivity contribution >= 4 is 17.5 Å². The number of benzene rings is 3. The van der Waals surface area contributed by atoms with Gasteiger partial charge in [-0.1, -0.05) is 84.4 Å². The molecular formula is C21H18ClNO. The Bertz CT molecular complexity index is 785. The third-order valence-electron chi connectivity index (χ3n) is 3.85. The molecule has 24 heavy (non-hydrogen) atoms. The smallest absolute Gasteiger partial charge is 0.225 e. The van der Waals surface area contributed by atoms with E-state index in [4.69, 9.17) is 11.6 Å². The SMILES string of the molecule is O=C(Cc1ccccc1)NC(c1ccccc1)c1ccc(Cl)cc1. The maximum Gasteiger partial charge on any atom is 0.225 e. The minimum absolute atomic E-state index is 0.00926. The van der Waals surface area contributed by atoms with E-state index in [1.165, 1.54) is 0 Å². The van der Waals surface area contributed by atoms with Gasteiger partial charge in [0, 0.05) is 5.02 Å². The van der Waals surface area contributed by atoms with Crippen LogP contribution in [-0.4, -0.2) is 5.91 Å². The van der Waals surface area contributed by atoms with Crippen molar-refractivity contribution < 1.29 is 4.79 Å². The van der Waals surface area contributed by atoms with Crippen molar-refractivity contribution in [2.75, 3.05) is 0 Å². The fourth-order valence-corrected chi connectivity index (χ4v) is 2.78. The van der Waals surface area contributed by atoms with E-state index in [9.17, 15) is 4.79 Å². The first-order chi connectivity index (χ1) is 11.7. The second kappa shape index (κ2) is 7.80. The van der Waals surface area contributed by atoms with Crippen molar-refractivity contribution in [2.24, 2.45) is 0 Å². The highest BCUT2D eigenvalue weighted by molar-refractivity contribution is 6.30. The molecule has 0 aliphatic carbocycles. The summed E-state index contributed by atoms with van der Waals surface area (Å²) >= 11 is 5.99. The molecule has 1 unspecified atom stereocenters. The summed E-state index contributed by atoms with van der Waals surface area (Å²) in [6.45, 7) is 0. The maximum absolute atomic E-state index is 12.5. The van der Waals surface area contributed by atoms with Crippen molar-refractivity contribution in [1.82, 2.24) is 5.32 Å². The summed E-state index contributed by atoms with van der Waals surface area (Å²) in [5, 5.41) is 3.82. The van der Waals surface area contributed by atoms with Gasteiger partial charge in [0.1, 0.15) is 0 Å². The highest BCUT2D eigenvalue weighted by Gasteiger charge is 2.16. The lowest BCUT2D eigenvalue weighted by molar-refractivity contribution is -0.120. The van der Waals surface area contributed by atoms with Crippen LogP contribution in [0.3, 0.4) is 0 Å². The van der Waals surface area contributed by atoms with Gasteiger partial charge < -0.3 is 5.32 Å². The lowest BCUT2D eigenvalue weighted by Crippen LogP contribution is -2.30. The quantitative estimate of drug-likeness (QED) is 0.713. The van der Waals surface area contributed by atoms with Gasteiger partial charge >= 0.3 is 0 Å². The normalized spacial score (nSPS) is 11.7. The molecule has 0 aromatic heterocycles. The van der Waals surface area contributed by atoms with E-state index >= 15 is 0 Å². The van der Waals surface area contributed by atoms with Gasteiger partial charge in [-0.25, -0.2) is 0 Å². The topological polar surface area (TPSA) is 29.1 Å². The molecule has 3 aromatic rings. The zero-order valence-electron chi connectivity index (χ0n) is 13.2. The molecule has 0 saturated carbocycles. The molecule has 1 amide bonds. The minimum Gasteiger partial charge on any atom is -0.345 e. The lowest BCUT2D eigenvalue weighted by atomic mass is 9.98. The molecule has 0 saturated heterocycles. The van der Waals surface area contributed by atoms with Crippen molar-refractivity contribution in [3.63, 3.8) is 0 Å². The Hall–Kier alpha value is -2.58. The highest BCUT2D eigenvalue weighted by atomic mass is 35.5. The summed E-state index contributed by atoms with van der Waals surface area (Å²) < 4.78 is 0. The van der Waals surface area contributed by atoms with Crippen LogP contribution in [0.15, 0.2) is 84.9 Å². The van der Waals surface area contributed by atoms with Crippen LogP contribution in [0.5, 0.6) is 0 Å². The van der Waals surface area contributed by atoms with Gasteiger partial charge in [-0.3, -0.25) is 4.79 Å². The number of carbonyl (C=O) groups is 1. The van der Waals surface area contributed by atoms with Crippen molar-refractivity contribution in [2.45, 2.75) is 12.5 Å². The van der Waals surface area contributed by atoms with Gasteiger partial charge in [-0.2, -0.15) is 0 Å². The molecule has 3 aromatic carbocycles. The van der Waals surface area contributed by atoms with Gasteiger partial charge in [-0.05, 0) is 28.8 Å². The number of hydrogen-bond acceptors (Lipinski definition) is 1. The van der Waals surface area contributed by atoms with Crippen LogP contribution >= 0.6 is 11.6 Å². The Morgan fingerprint density at radius 2 is 1.33 bits per heavy atom. The molecule has 0 aliphatic rings. The standard InChI is InChI=1S/C21H18ClNO/c22-19-13-11-18(12-14-19)21(17-9-5-2-6-10-17)23-20(24)15-16-7-3-1-4-8-16/h1-14,21H,15H2,(H,23,24). The number of hydrogen-bond donors (Lipinski definition) is 1. The molecule has 0 radical (unpaired) electrons. The number of carbonyl (C=O) groups excluding carboxylic acids is 1. The summed E-state index contributed by atoms with van der Waals surface area (Å²) in [5.74, 6) is -0.00926. The average Bonchev–Trinajstić information content (AvgIpc) is 2.62. The Kier molecular flexibility index (Phi) is 5.29. The van der Waals surface area contributed by atoms with Crippen LogP contribution in [0.2, 0.25) is 5.02 Å². The first-order valence-electron chi connectivity index (χ1n) is 7.86. The highest BCUT2D eigenvalue weighted by Crippen LogP contribution is 2.23. The van der Waals surface area contributed by atoms with Gasteiger partial charge in [-0.15, -0.1) is 0 Å². The van der Waals surface area contributed by atoms with Crippen LogP contribution in [-0.2, 0) is 11.2 Å². The molecule has 3 rings (SSSR count). The monoisotopic (exact) mass is 335 g/mol. The van der Waals surface area contributed by atoms with Crippen LogP contribution in [0, 0.1) is 0 Å². The van der Waals surface area contributed by atoms with Gasteiger partial charge in [0.2, 0.25) is 5.91 Å². The first kappa shape index (κ1) is 16.3. The minimum atomic E-state index is -0.195. The first-order valence-corrected chi connectivity index (χ1v) is 8.24. The van der Waals surface area contributed by atoms with Crippen molar-refractivity contribution in [3.05, 3.63) is 107 Å². The fraction of sp³-hybridized carbons (Fsp3) is 0.0952. The Balaban J connectivity index is 1.82. The second-order valence-electron chi connectivity index (χ2n) is 5.63. The molecule has 0 spiro atoms. The van der Waals surface area contributed by atoms with Gasteiger partial charge in [0.25, 0.3) is 0 Å².